The van der Waals surface area contributed by atoms with Gasteiger partial charge >= 0.3 is 12.0 Å². The summed E-state index contributed by atoms with van der Waals surface area (Å²) in [7, 11) is -3.72. The molecule has 0 radical (unpaired) electrons. The van der Waals surface area contributed by atoms with E-state index in [0.717, 1.165) is 6.42 Å². The van der Waals surface area contributed by atoms with E-state index in [0.29, 0.717) is 18.0 Å². The summed E-state index contributed by atoms with van der Waals surface area (Å²) in [6.45, 7) is 5.17. The first-order chi connectivity index (χ1) is 13.6. The normalized spacial score (nSPS) is 16.6. The lowest BCUT2D eigenvalue weighted by Gasteiger charge is -2.10. The quantitative estimate of drug-likeness (QED) is 0.545. The minimum absolute atomic E-state index is 0.0269. The molecule has 1 aromatic rings. The molecule has 29 heavy (non-hydrogen) atoms. The molecular formula is C18H24N4O6S. The Morgan fingerprint density at radius 1 is 1.17 bits per heavy atom. The van der Waals surface area contributed by atoms with Gasteiger partial charge in [0.1, 0.15) is 11.9 Å². The molecule has 1 aliphatic heterocycles. The van der Waals surface area contributed by atoms with Crippen LogP contribution >= 0.6 is 0 Å². The zero-order valence-corrected chi connectivity index (χ0v) is 17.2. The lowest BCUT2D eigenvalue weighted by Crippen LogP contribution is -2.42. The molecular weight excluding hydrogens is 400 g/mol. The average Bonchev–Trinajstić information content (AvgIpc) is 2.90. The Hall–Kier alpha value is -2.95. The van der Waals surface area contributed by atoms with Crippen LogP contribution in [0.2, 0.25) is 0 Å². The topological polar surface area (TPSA) is 143 Å². The van der Waals surface area contributed by atoms with Crippen molar-refractivity contribution in [2.75, 3.05) is 13.2 Å². The predicted octanol–water partition coefficient (Wildman–Crippen LogP) is 0.529. The van der Waals surface area contributed by atoms with Gasteiger partial charge in [0.05, 0.1) is 4.90 Å². The van der Waals surface area contributed by atoms with Crippen molar-refractivity contribution in [2.45, 2.75) is 38.1 Å². The third-order valence-corrected chi connectivity index (χ3v) is 5.33. The van der Waals surface area contributed by atoms with E-state index in [9.17, 15) is 22.8 Å². The third kappa shape index (κ3) is 6.28. The SMILES string of the molecule is CC(C)CCNC(=O)NC(=O)COC(=O)[C@@H](C)N=C1NS(=O)(=O)c2ccccc21. The third-order valence-electron chi connectivity index (χ3n) is 3.93. The second kappa shape index (κ2) is 9.50. The molecule has 1 aliphatic rings. The van der Waals surface area contributed by atoms with Crippen LogP contribution in [-0.2, 0) is 24.3 Å². The zero-order valence-electron chi connectivity index (χ0n) is 16.4. The van der Waals surface area contributed by atoms with E-state index in [2.05, 4.69) is 20.3 Å². The molecule has 1 heterocycles. The zero-order chi connectivity index (χ0) is 21.6. The Labute approximate surface area is 169 Å². The van der Waals surface area contributed by atoms with E-state index < -0.39 is 40.6 Å². The summed E-state index contributed by atoms with van der Waals surface area (Å²) in [5.41, 5.74) is 0.350. The highest BCUT2D eigenvalue weighted by Crippen LogP contribution is 2.22. The number of nitrogens with zero attached hydrogens (tertiary/aromatic N) is 1. The van der Waals surface area contributed by atoms with Crippen LogP contribution in [0.25, 0.3) is 0 Å². The number of carbonyl (C=O) groups excluding carboxylic acids is 3. The van der Waals surface area contributed by atoms with Gasteiger partial charge in [0.15, 0.2) is 6.61 Å². The van der Waals surface area contributed by atoms with E-state index in [4.69, 9.17) is 4.74 Å². The maximum Gasteiger partial charge on any atom is 0.331 e. The molecule has 0 aromatic heterocycles. The van der Waals surface area contributed by atoms with Crippen LogP contribution in [0.4, 0.5) is 4.79 Å². The molecule has 1 aromatic carbocycles. The van der Waals surface area contributed by atoms with Gasteiger partial charge in [-0.05, 0) is 31.4 Å². The summed E-state index contributed by atoms with van der Waals surface area (Å²) in [6.07, 6.45) is 0.765. The Bertz CT molecular complexity index is 926. The van der Waals surface area contributed by atoms with Crippen molar-refractivity contribution in [3.8, 4) is 0 Å². The maximum atomic E-state index is 12.1. The highest BCUT2D eigenvalue weighted by atomic mass is 32.2. The maximum absolute atomic E-state index is 12.1. The highest BCUT2D eigenvalue weighted by molar-refractivity contribution is 7.90. The van der Waals surface area contributed by atoms with Gasteiger partial charge in [-0.25, -0.2) is 18.0 Å². The van der Waals surface area contributed by atoms with Crippen molar-refractivity contribution in [3.63, 3.8) is 0 Å². The Morgan fingerprint density at radius 3 is 2.55 bits per heavy atom. The molecule has 0 unspecified atom stereocenters. The number of hydrogen-bond donors (Lipinski definition) is 3. The first-order valence-corrected chi connectivity index (χ1v) is 10.5. The van der Waals surface area contributed by atoms with Gasteiger partial charge in [0, 0.05) is 12.1 Å². The summed E-state index contributed by atoms with van der Waals surface area (Å²) < 4.78 is 31.2. The average molecular weight is 424 g/mol. The predicted molar refractivity (Wildman–Crippen MR) is 105 cm³/mol. The van der Waals surface area contributed by atoms with Crippen molar-refractivity contribution in [1.82, 2.24) is 15.4 Å². The second-order valence-electron chi connectivity index (χ2n) is 6.85. The van der Waals surface area contributed by atoms with Gasteiger partial charge in [-0.1, -0.05) is 26.0 Å². The largest absolute Gasteiger partial charge is 0.454 e. The van der Waals surface area contributed by atoms with E-state index in [-0.39, 0.29) is 10.7 Å². The number of benzene rings is 1. The highest BCUT2D eigenvalue weighted by Gasteiger charge is 2.31. The number of sulfonamides is 1. The first kappa shape index (κ1) is 22.3. The molecule has 10 nitrogen and oxygen atoms in total. The van der Waals surface area contributed by atoms with Crippen molar-refractivity contribution < 1.29 is 27.5 Å². The summed E-state index contributed by atoms with van der Waals surface area (Å²) in [5.74, 6) is -1.19. The fourth-order valence-corrected chi connectivity index (χ4v) is 3.65. The van der Waals surface area contributed by atoms with Gasteiger partial charge < -0.3 is 10.1 Å². The van der Waals surface area contributed by atoms with Crippen molar-refractivity contribution >= 4 is 33.8 Å². The molecule has 0 saturated carbocycles. The van der Waals surface area contributed by atoms with E-state index >= 15 is 0 Å². The van der Waals surface area contributed by atoms with Gasteiger partial charge in [0.25, 0.3) is 15.9 Å². The Balaban J connectivity index is 1.86. The standard InChI is InChI=1S/C18H24N4O6S/c1-11(2)8-9-19-18(25)21-15(23)10-28-17(24)12(3)20-16-13-6-4-5-7-14(13)29(26,27)22-16/h4-7,11-12H,8-10H2,1-3H3,(H,20,22)(H2,19,21,23,25)/t12-/m1/s1. The van der Waals surface area contributed by atoms with Crippen LogP contribution in [0.1, 0.15) is 32.8 Å². The van der Waals surface area contributed by atoms with Crippen LogP contribution in [0.15, 0.2) is 34.2 Å². The van der Waals surface area contributed by atoms with E-state index in [1.807, 2.05) is 13.8 Å². The molecule has 158 valence electrons. The minimum atomic E-state index is -3.72. The number of urea groups is 1. The number of fused-ring (bicyclic) bond motifs is 1. The van der Waals surface area contributed by atoms with Crippen molar-refractivity contribution in [3.05, 3.63) is 29.8 Å². The molecule has 1 atom stereocenters. The number of nitrogens with one attached hydrogen (secondary N) is 3. The summed E-state index contributed by atoms with van der Waals surface area (Å²) in [4.78, 5) is 39.4. The molecule has 2 rings (SSSR count). The number of esters is 1. The van der Waals surface area contributed by atoms with Crippen LogP contribution in [-0.4, -0.2) is 51.4 Å². The second-order valence-corrected chi connectivity index (χ2v) is 8.50. The summed E-state index contributed by atoms with van der Waals surface area (Å²) in [6, 6.07) is 4.49. The number of rotatable bonds is 7. The molecule has 3 N–H and O–H groups in total. The minimum Gasteiger partial charge on any atom is -0.454 e. The number of aliphatic imine (C=N–C) groups is 1. The van der Waals surface area contributed by atoms with Crippen LogP contribution in [0.3, 0.4) is 0 Å². The lowest BCUT2D eigenvalue weighted by atomic mass is 10.1. The monoisotopic (exact) mass is 424 g/mol. The number of amidine groups is 1. The van der Waals surface area contributed by atoms with Crippen LogP contribution in [0, 0.1) is 5.92 Å². The van der Waals surface area contributed by atoms with Crippen molar-refractivity contribution in [1.29, 1.82) is 0 Å². The summed E-state index contributed by atoms with van der Waals surface area (Å²) in [5, 5.41) is 4.57. The van der Waals surface area contributed by atoms with Crippen LogP contribution < -0.4 is 15.4 Å². The van der Waals surface area contributed by atoms with Gasteiger partial charge in [-0.3, -0.25) is 19.8 Å². The number of hydrogen-bond acceptors (Lipinski definition) is 7. The van der Waals surface area contributed by atoms with Gasteiger partial charge in [-0.15, -0.1) is 0 Å². The Morgan fingerprint density at radius 2 is 1.86 bits per heavy atom. The fourth-order valence-electron chi connectivity index (χ4n) is 2.41. The number of carbonyl (C=O) groups is 3. The first-order valence-electron chi connectivity index (χ1n) is 9.04. The lowest BCUT2D eigenvalue weighted by molar-refractivity contribution is -0.149. The van der Waals surface area contributed by atoms with Gasteiger partial charge in [0.2, 0.25) is 0 Å². The molecule has 0 spiro atoms. The molecule has 0 aliphatic carbocycles. The molecule has 11 heteroatoms. The van der Waals surface area contributed by atoms with E-state index in [1.54, 1.807) is 18.2 Å². The molecule has 0 bridgehead atoms. The molecule has 0 fully saturated rings. The molecule has 3 amide bonds. The number of imide groups is 1. The van der Waals surface area contributed by atoms with E-state index in [1.165, 1.54) is 13.0 Å². The Kier molecular flexibility index (Phi) is 7.32. The summed E-state index contributed by atoms with van der Waals surface area (Å²) >= 11 is 0. The number of amides is 3. The van der Waals surface area contributed by atoms with Crippen molar-refractivity contribution in [2.24, 2.45) is 10.9 Å². The number of ether oxygens (including phenoxy) is 1. The van der Waals surface area contributed by atoms with Crippen LogP contribution in [0.5, 0.6) is 0 Å². The van der Waals surface area contributed by atoms with Gasteiger partial charge in [-0.2, -0.15) is 0 Å². The smallest absolute Gasteiger partial charge is 0.331 e. The fraction of sp³-hybridized carbons (Fsp3) is 0.444. The molecule has 0 saturated heterocycles.